The van der Waals surface area contributed by atoms with Gasteiger partial charge in [0.1, 0.15) is 36.3 Å². The largest absolute Gasteiger partial charge is 0.519 e. The summed E-state index contributed by atoms with van der Waals surface area (Å²) in [5.74, 6) is -1.41. The number of aromatic nitrogens is 4. The van der Waals surface area contributed by atoms with E-state index in [0.717, 1.165) is 24.3 Å². The van der Waals surface area contributed by atoms with Crippen LogP contribution in [0.5, 0.6) is 11.5 Å². The van der Waals surface area contributed by atoms with E-state index in [-0.39, 0.29) is 59.9 Å². The Morgan fingerprint density at radius 2 is 1.12 bits per heavy atom. The number of carbonyl (C=O) groups excluding carboxylic acids is 1. The van der Waals surface area contributed by atoms with Crippen molar-refractivity contribution in [2.45, 2.75) is 25.9 Å². The molecule has 0 spiro atoms. The maximum atomic E-state index is 12.7. The van der Waals surface area contributed by atoms with Crippen LogP contribution in [0.1, 0.15) is 11.1 Å². The molecule has 1 aliphatic heterocycles. The predicted octanol–water partition coefficient (Wildman–Crippen LogP) is 3.78. The second kappa shape index (κ2) is 11.0. The summed E-state index contributed by atoms with van der Waals surface area (Å²) in [4.78, 5) is 64.2. The topological polar surface area (TPSA) is 244 Å². The smallest absolute Gasteiger partial charge is 0.394 e. The highest BCUT2D eigenvalue weighted by Crippen LogP contribution is 2.41. The SMILES string of the molecule is O=C1Oc2ccc([N+](=O)[O-])cc2CC(Cn2ccnc2[N+](=O)[O-])(Cn2ccnc2[N+](=O)[O-])Cc2cc([N+](=O)[O-])ccc2O1. The summed E-state index contributed by atoms with van der Waals surface area (Å²) in [5.41, 5.74) is -1.98. The molecule has 0 radical (unpaired) electrons. The van der Waals surface area contributed by atoms with Gasteiger partial charge in [-0.15, -0.1) is 0 Å². The van der Waals surface area contributed by atoms with E-state index >= 15 is 0 Å². The van der Waals surface area contributed by atoms with Crippen LogP contribution in [-0.4, -0.2) is 45.0 Å². The fraction of sp³-hybridized carbons (Fsp3) is 0.208. The Morgan fingerprint density at radius 3 is 1.49 bits per heavy atom. The van der Waals surface area contributed by atoms with Gasteiger partial charge in [-0.3, -0.25) is 20.2 Å². The van der Waals surface area contributed by atoms with Gasteiger partial charge < -0.3 is 29.7 Å². The first-order valence-corrected chi connectivity index (χ1v) is 12.2. The number of hydrogen-bond donors (Lipinski definition) is 0. The minimum absolute atomic E-state index is 0.0885. The zero-order chi connectivity index (χ0) is 30.9. The third kappa shape index (κ3) is 5.80. The second-order valence-corrected chi connectivity index (χ2v) is 9.63. The summed E-state index contributed by atoms with van der Waals surface area (Å²) in [7, 11) is 0. The lowest BCUT2D eigenvalue weighted by Crippen LogP contribution is -2.38. The molecule has 4 aromatic rings. The van der Waals surface area contributed by atoms with Crippen LogP contribution >= 0.6 is 0 Å². The van der Waals surface area contributed by atoms with E-state index in [9.17, 15) is 45.3 Å². The fourth-order valence-corrected chi connectivity index (χ4v) is 5.09. The zero-order valence-corrected chi connectivity index (χ0v) is 21.7. The van der Waals surface area contributed by atoms with Crippen LogP contribution in [-0.2, 0) is 25.9 Å². The van der Waals surface area contributed by atoms with Crippen molar-refractivity contribution in [2.75, 3.05) is 0 Å². The highest BCUT2D eigenvalue weighted by Gasteiger charge is 2.41. The minimum atomic E-state index is -1.40. The summed E-state index contributed by atoms with van der Waals surface area (Å²) in [5, 5.41) is 46.8. The Morgan fingerprint density at radius 1 is 0.698 bits per heavy atom. The Balaban J connectivity index is 1.78. The lowest BCUT2D eigenvalue weighted by Gasteiger charge is -2.33. The first-order chi connectivity index (χ1) is 20.4. The molecule has 19 heteroatoms. The summed E-state index contributed by atoms with van der Waals surface area (Å²) in [6, 6.07) is 6.82. The van der Waals surface area contributed by atoms with E-state index in [1.807, 2.05) is 0 Å². The zero-order valence-electron chi connectivity index (χ0n) is 21.7. The highest BCUT2D eigenvalue weighted by molar-refractivity contribution is 5.69. The van der Waals surface area contributed by atoms with Gasteiger partial charge in [-0.05, 0) is 34.8 Å². The first-order valence-electron chi connectivity index (χ1n) is 12.2. The number of nitro benzene ring substituents is 2. The van der Waals surface area contributed by atoms with Gasteiger partial charge in [0.15, 0.2) is 0 Å². The van der Waals surface area contributed by atoms with E-state index in [1.54, 1.807) is 0 Å². The van der Waals surface area contributed by atoms with Crippen LogP contribution in [0.4, 0.5) is 28.1 Å². The van der Waals surface area contributed by atoms with Gasteiger partial charge in [0, 0.05) is 40.8 Å². The van der Waals surface area contributed by atoms with Crippen molar-refractivity contribution in [3.8, 4) is 11.5 Å². The number of rotatable bonds is 8. The monoisotopic (exact) mass is 594 g/mol. The molecule has 5 rings (SSSR count). The Bertz CT molecular complexity index is 1670. The highest BCUT2D eigenvalue weighted by atomic mass is 16.7. The number of non-ortho nitro benzene ring substituents is 2. The maximum Gasteiger partial charge on any atom is 0.519 e. The molecule has 0 fully saturated rings. The van der Waals surface area contributed by atoms with Gasteiger partial charge in [-0.25, -0.2) is 13.9 Å². The number of nitrogens with zero attached hydrogens (tertiary/aromatic N) is 8. The third-order valence-corrected chi connectivity index (χ3v) is 6.75. The molecular formula is C24H18N8O11. The van der Waals surface area contributed by atoms with Gasteiger partial charge in [-0.1, -0.05) is 9.97 Å². The quantitative estimate of drug-likeness (QED) is 0.122. The molecule has 43 heavy (non-hydrogen) atoms. The molecule has 0 saturated heterocycles. The van der Waals surface area contributed by atoms with Crippen LogP contribution in [0.25, 0.3) is 0 Å². The molecule has 0 saturated carbocycles. The molecule has 220 valence electrons. The third-order valence-electron chi connectivity index (χ3n) is 6.75. The number of carbonyl (C=O) groups is 1. The van der Waals surface area contributed by atoms with Crippen LogP contribution in [0.15, 0.2) is 61.2 Å². The number of hydrogen-bond acceptors (Lipinski definition) is 13. The molecule has 19 nitrogen and oxygen atoms in total. The number of benzene rings is 2. The molecule has 0 bridgehead atoms. The van der Waals surface area contributed by atoms with E-state index < -0.39 is 43.2 Å². The molecular weight excluding hydrogens is 576 g/mol. The van der Waals surface area contributed by atoms with Crippen LogP contribution in [0.2, 0.25) is 0 Å². The summed E-state index contributed by atoms with van der Waals surface area (Å²) in [6.45, 7) is -0.562. The van der Waals surface area contributed by atoms with Crippen molar-refractivity contribution >= 4 is 29.4 Å². The van der Waals surface area contributed by atoms with E-state index in [4.69, 9.17) is 9.47 Å². The van der Waals surface area contributed by atoms with Gasteiger partial charge in [0.2, 0.25) is 0 Å². The lowest BCUT2D eigenvalue weighted by molar-refractivity contribution is -0.397. The predicted molar refractivity (Wildman–Crippen MR) is 140 cm³/mol. The Hall–Kier alpha value is -6.27. The van der Waals surface area contributed by atoms with E-state index in [0.29, 0.717) is 0 Å². The number of ether oxygens (including phenoxy) is 2. The number of fused-ring (bicyclic) bond motifs is 2. The van der Waals surface area contributed by atoms with Crippen molar-refractivity contribution in [2.24, 2.45) is 5.41 Å². The van der Waals surface area contributed by atoms with Crippen LogP contribution in [0.3, 0.4) is 0 Å². The van der Waals surface area contributed by atoms with E-state index in [1.165, 1.54) is 46.1 Å². The Kier molecular flexibility index (Phi) is 7.20. The molecule has 0 amide bonds. The standard InChI is InChI=1S/C24H18N8O11/c33-23-42-19-3-1-17(29(34)35)9-15(19)11-24(13-27-7-5-25-21(27)31(38)39,14-28-8-6-26-22(28)32(40)41)12-16-10-18(30(36)37)2-4-20(16)43-23/h1-10H,11-14H2. The van der Waals surface area contributed by atoms with Crippen molar-refractivity contribution in [1.29, 1.82) is 0 Å². The summed E-state index contributed by atoms with van der Waals surface area (Å²) < 4.78 is 13.1. The molecule has 0 atom stereocenters. The van der Waals surface area contributed by atoms with Crippen LogP contribution < -0.4 is 9.47 Å². The van der Waals surface area contributed by atoms with E-state index in [2.05, 4.69) is 9.97 Å². The number of nitro groups is 4. The Labute approximate surface area is 238 Å². The van der Waals surface area contributed by atoms with Crippen LogP contribution in [0, 0.1) is 45.9 Å². The van der Waals surface area contributed by atoms with Gasteiger partial charge >= 0.3 is 18.1 Å². The molecule has 3 heterocycles. The van der Waals surface area contributed by atoms with Crippen molar-refractivity contribution < 1.29 is 34.0 Å². The van der Waals surface area contributed by atoms with Gasteiger partial charge in [0.25, 0.3) is 11.4 Å². The maximum absolute atomic E-state index is 12.7. The molecule has 1 aliphatic rings. The van der Waals surface area contributed by atoms with Crippen molar-refractivity contribution in [3.63, 3.8) is 0 Å². The molecule has 0 unspecified atom stereocenters. The molecule has 0 N–H and O–H groups in total. The van der Waals surface area contributed by atoms with Gasteiger partial charge in [-0.2, -0.15) is 0 Å². The normalized spacial score (nSPS) is 14.0. The lowest BCUT2D eigenvalue weighted by atomic mass is 9.75. The minimum Gasteiger partial charge on any atom is -0.394 e. The molecule has 2 aromatic heterocycles. The fourth-order valence-electron chi connectivity index (χ4n) is 5.09. The average molecular weight is 594 g/mol. The van der Waals surface area contributed by atoms with Crippen molar-refractivity contribution in [1.82, 2.24) is 19.1 Å². The average Bonchev–Trinajstić information content (AvgIpc) is 3.59. The second-order valence-electron chi connectivity index (χ2n) is 9.63. The van der Waals surface area contributed by atoms with Crippen molar-refractivity contribution in [3.05, 3.63) is 113 Å². The first kappa shape index (κ1) is 28.3. The van der Waals surface area contributed by atoms with Gasteiger partial charge in [0.05, 0.1) is 22.9 Å². The molecule has 2 aromatic carbocycles. The molecule has 0 aliphatic carbocycles. The summed E-state index contributed by atoms with van der Waals surface area (Å²) >= 11 is 0. The number of imidazole rings is 2. The summed E-state index contributed by atoms with van der Waals surface area (Å²) in [6.07, 6.45) is 3.27.